The number of anilines is 1. The summed E-state index contributed by atoms with van der Waals surface area (Å²) < 4.78 is 5.35. The van der Waals surface area contributed by atoms with E-state index < -0.39 is 11.9 Å². The number of benzene rings is 2. The van der Waals surface area contributed by atoms with Crippen molar-refractivity contribution < 1.29 is 19.1 Å². The molecule has 0 unspecified atom stereocenters. The number of carbonyl (C=O) groups excluding carboxylic acids is 3. The number of carbonyl (C=O) groups is 3. The summed E-state index contributed by atoms with van der Waals surface area (Å²) >= 11 is 6.03. The maximum absolute atomic E-state index is 12.5. The van der Waals surface area contributed by atoms with Gasteiger partial charge in [-0.1, -0.05) is 23.7 Å². The molecule has 2 N–H and O–H groups in total. The number of nitrogens with two attached hydrogens (primary N) is 1. The first-order valence-electron chi connectivity index (χ1n) is 8.11. The van der Waals surface area contributed by atoms with E-state index in [4.69, 9.17) is 22.1 Å². The molecule has 1 fully saturated rings. The molecule has 0 spiro atoms. The average Bonchev–Trinajstić information content (AvgIpc) is 3.05. The normalized spacial score (nSPS) is 13.7. The smallest absolute Gasteiger partial charge is 0.340 e. The molecule has 1 aliphatic heterocycles. The van der Waals surface area contributed by atoms with Crippen molar-refractivity contribution in [3.05, 3.63) is 64.2 Å². The van der Waals surface area contributed by atoms with Crippen LogP contribution in [0, 0.1) is 0 Å². The molecule has 1 aliphatic rings. The largest absolute Gasteiger partial charge is 0.457 e. The summed E-state index contributed by atoms with van der Waals surface area (Å²) in [5.41, 5.74) is 7.05. The number of rotatable bonds is 5. The van der Waals surface area contributed by atoms with Gasteiger partial charge in [0.1, 0.15) is 6.61 Å². The lowest BCUT2D eigenvalue weighted by Crippen LogP contribution is -2.26. The van der Waals surface area contributed by atoms with E-state index in [9.17, 15) is 14.4 Å². The zero-order valence-electron chi connectivity index (χ0n) is 13.9. The molecule has 0 aliphatic carbocycles. The number of hydrogen-bond acceptors (Lipinski definition) is 4. The van der Waals surface area contributed by atoms with Crippen molar-refractivity contribution in [1.82, 2.24) is 0 Å². The van der Waals surface area contributed by atoms with Gasteiger partial charge in [-0.2, -0.15) is 0 Å². The molecule has 1 saturated heterocycles. The maximum Gasteiger partial charge on any atom is 0.340 e. The highest BCUT2D eigenvalue weighted by atomic mass is 35.5. The van der Waals surface area contributed by atoms with Crippen molar-refractivity contribution in [2.75, 3.05) is 11.4 Å². The second kappa shape index (κ2) is 7.58. The Labute approximate surface area is 155 Å². The second-order valence-corrected chi connectivity index (χ2v) is 6.38. The van der Waals surface area contributed by atoms with Gasteiger partial charge in [0, 0.05) is 23.6 Å². The molecule has 2 aromatic carbocycles. The molecule has 0 atom stereocenters. The van der Waals surface area contributed by atoms with Crippen molar-refractivity contribution in [3.63, 3.8) is 0 Å². The molecule has 26 heavy (non-hydrogen) atoms. The van der Waals surface area contributed by atoms with E-state index in [0.717, 1.165) is 12.0 Å². The minimum Gasteiger partial charge on any atom is -0.457 e. The monoisotopic (exact) mass is 372 g/mol. The summed E-state index contributed by atoms with van der Waals surface area (Å²) in [6, 6.07) is 11.2. The zero-order valence-corrected chi connectivity index (χ0v) is 14.7. The van der Waals surface area contributed by atoms with Crippen LogP contribution < -0.4 is 10.6 Å². The number of amides is 2. The molecular formula is C19H17ClN2O4. The van der Waals surface area contributed by atoms with E-state index in [1.165, 1.54) is 0 Å². The van der Waals surface area contributed by atoms with Crippen LogP contribution in [0.15, 0.2) is 42.5 Å². The summed E-state index contributed by atoms with van der Waals surface area (Å²) in [5.74, 6) is -1.10. The molecule has 0 bridgehead atoms. The minimum absolute atomic E-state index is 0.0356. The van der Waals surface area contributed by atoms with Crippen LogP contribution in [-0.2, 0) is 16.1 Å². The molecule has 134 valence electrons. The van der Waals surface area contributed by atoms with Crippen molar-refractivity contribution in [3.8, 4) is 0 Å². The van der Waals surface area contributed by atoms with Crippen molar-refractivity contribution in [1.29, 1.82) is 0 Å². The number of nitrogens with zero attached hydrogens (tertiary/aromatic N) is 1. The molecule has 6 nitrogen and oxygen atoms in total. The standard InChI is InChI=1S/C19H17ClN2O4/c20-14-7-8-15(16(10-14)22-9-1-2-17(22)23)19(25)26-11-12-3-5-13(6-4-12)18(21)24/h3-8,10H,1-2,9,11H2,(H2,21,24). The summed E-state index contributed by atoms with van der Waals surface area (Å²) in [7, 11) is 0. The van der Waals surface area contributed by atoms with Crippen LogP contribution in [0.4, 0.5) is 5.69 Å². The third-order valence-corrected chi connectivity index (χ3v) is 4.39. The minimum atomic E-state index is -0.546. The van der Waals surface area contributed by atoms with Gasteiger partial charge in [-0.3, -0.25) is 9.59 Å². The van der Waals surface area contributed by atoms with Crippen molar-refractivity contribution in [2.24, 2.45) is 5.73 Å². The average molecular weight is 373 g/mol. The Morgan fingerprint density at radius 2 is 1.88 bits per heavy atom. The van der Waals surface area contributed by atoms with Gasteiger partial charge in [-0.15, -0.1) is 0 Å². The quantitative estimate of drug-likeness (QED) is 0.817. The Hall–Kier alpha value is -2.86. The fraction of sp³-hybridized carbons (Fsp3) is 0.211. The van der Waals surface area contributed by atoms with E-state index in [2.05, 4.69) is 0 Å². The lowest BCUT2D eigenvalue weighted by molar-refractivity contribution is -0.117. The zero-order chi connectivity index (χ0) is 18.7. The van der Waals surface area contributed by atoms with Gasteiger partial charge in [0.05, 0.1) is 11.3 Å². The van der Waals surface area contributed by atoms with Gasteiger partial charge in [0.25, 0.3) is 0 Å². The van der Waals surface area contributed by atoms with Crippen LogP contribution in [0.1, 0.15) is 39.1 Å². The molecule has 7 heteroatoms. The van der Waals surface area contributed by atoms with Gasteiger partial charge in [-0.05, 0) is 42.3 Å². The number of primary amides is 1. The van der Waals surface area contributed by atoms with E-state index in [1.54, 1.807) is 47.4 Å². The molecular weight excluding hydrogens is 356 g/mol. The lowest BCUT2D eigenvalue weighted by Gasteiger charge is -2.19. The fourth-order valence-corrected chi connectivity index (χ4v) is 2.96. The first kappa shape index (κ1) is 17.9. The van der Waals surface area contributed by atoms with Crippen LogP contribution in [-0.4, -0.2) is 24.3 Å². The van der Waals surface area contributed by atoms with Gasteiger partial charge < -0.3 is 15.4 Å². The Morgan fingerprint density at radius 3 is 2.50 bits per heavy atom. The van der Waals surface area contributed by atoms with Gasteiger partial charge >= 0.3 is 5.97 Å². The Bertz CT molecular complexity index is 864. The molecule has 0 saturated carbocycles. The van der Waals surface area contributed by atoms with Crippen LogP contribution in [0.3, 0.4) is 0 Å². The third-order valence-electron chi connectivity index (χ3n) is 4.15. The topological polar surface area (TPSA) is 89.7 Å². The predicted molar refractivity (Wildman–Crippen MR) is 97.1 cm³/mol. The van der Waals surface area contributed by atoms with E-state index in [-0.39, 0.29) is 12.5 Å². The van der Waals surface area contributed by atoms with E-state index in [1.807, 2.05) is 0 Å². The summed E-state index contributed by atoms with van der Waals surface area (Å²) in [4.78, 5) is 37.2. The number of hydrogen-bond donors (Lipinski definition) is 1. The fourth-order valence-electron chi connectivity index (χ4n) is 2.80. The molecule has 1 heterocycles. The highest BCUT2D eigenvalue weighted by Crippen LogP contribution is 2.29. The molecule has 3 rings (SSSR count). The van der Waals surface area contributed by atoms with E-state index in [0.29, 0.717) is 34.8 Å². The molecule has 0 aromatic heterocycles. The first-order valence-corrected chi connectivity index (χ1v) is 8.49. The Kier molecular flexibility index (Phi) is 5.23. The summed E-state index contributed by atoms with van der Waals surface area (Å²) in [6.45, 7) is 0.585. The summed E-state index contributed by atoms with van der Waals surface area (Å²) in [6.07, 6.45) is 1.19. The third kappa shape index (κ3) is 3.86. The maximum atomic E-state index is 12.5. The van der Waals surface area contributed by atoms with Crippen LogP contribution in [0.25, 0.3) is 0 Å². The van der Waals surface area contributed by atoms with Crippen molar-refractivity contribution in [2.45, 2.75) is 19.4 Å². The van der Waals surface area contributed by atoms with Crippen molar-refractivity contribution >= 4 is 35.1 Å². The molecule has 0 radical (unpaired) electrons. The van der Waals surface area contributed by atoms with Crippen LogP contribution in [0.2, 0.25) is 5.02 Å². The number of halogens is 1. The highest BCUT2D eigenvalue weighted by molar-refractivity contribution is 6.31. The first-order chi connectivity index (χ1) is 12.5. The van der Waals surface area contributed by atoms with Gasteiger partial charge in [-0.25, -0.2) is 4.79 Å². The highest BCUT2D eigenvalue weighted by Gasteiger charge is 2.26. The van der Waals surface area contributed by atoms with E-state index >= 15 is 0 Å². The Balaban J connectivity index is 1.75. The predicted octanol–water partition coefficient (Wildman–Crippen LogP) is 2.92. The number of esters is 1. The molecule has 2 aromatic rings. The van der Waals surface area contributed by atoms with Gasteiger partial charge in [0.15, 0.2) is 0 Å². The van der Waals surface area contributed by atoms with Crippen LogP contribution in [0.5, 0.6) is 0 Å². The number of ether oxygens (including phenoxy) is 1. The second-order valence-electron chi connectivity index (χ2n) is 5.95. The van der Waals surface area contributed by atoms with Gasteiger partial charge in [0.2, 0.25) is 11.8 Å². The Morgan fingerprint density at radius 1 is 1.15 bits per heavy atom. The summed E-state index contributed by atoms with van der Waals surface area (Å²) in [5, 5.41) is 0.443. The SMILES string of the molecule is NC(=O)c1ccc(COC(=O)c2ccc(Cl)cc2N2CCCC2=O)cc1. The lowest BCUT2D eigenvalue weighted by atomic mass is 10.1. The van der Waals surface area contributed by atoms with Crippen LogP contribution >= 0.6 is 11.6 Å². The molecule has 2 amide bonds.